The van der Waals surface area contributed by atoms with Crippen LogP contribution in [0.3, 0.4) is 0 Å². The Balaban J connectivity index is 2.55. The summed E-state index contributed by atoms with van der Waals surface area (Å²) in [6.07, 6.45) is 3.02. The Kier molecular flexibility index (Phi) is 2.33. The van der Waals surface area contributed by atoms with E-state index in [-0.39, 0.29) is 11.8 Å². The highest BCUT2D eigenvalue weighted by molar-refractivity contribution is 5.51. The van der Waals surface area contributed by atoms with Crippen LogP contribution in [0.1, 0.15) is 30.0 Å². The summed E-state index contributed by atoms with van der Waals surface area (Å²) < 4.78 is 5.19. The maximum absolute atomic E-state index is 9.59. The molecule has 0 bridgehead atoms. The molecule has 1 aromatic rings. The van der Waals surface area contributed by atoms with E-state index in [1.54, 1.807) is 13.2 Å². The first-order valence-corrected chi connectivity index (χ1v) is 4.88. The number of fused-ring (bicyclic) bond motifs is 1. The van der Waals surface area contributed by atoms with Gasteiger partial charge in [-0.05, 0) is 30.9 Å². The molecule has 3 heteroatoms. The average Bonchev–Trinajstić information content (AvgIpc) is 2.18. The smallest absolute Gasteiger partial charge is 0.163 e. The Hall–Kier alpha value is -1.22. The van der Waals surface area contributed by atoms with Crippen molar-refractivity contribution in [1.82, 2.24) is 0 Å². The molecule has 1 aliphatic carbocycles. The summed E-state index contributed by atoms with van der Waals surface area (Å²) in [5.74, 6) is 0.804. The van der Waals surface area contributed by atoms with Gasteiger partial charge in [0, 0.05) is 11.6 Å². The second kappa shape index (κ2) is 3.50. The fourth-order valence-electron chi connectivity index (χ4n) is 2.12. The van der Waals surface area contributed by atoms with Crippen LogP contribution in [0, 0.1) is 0 Å². The van der Waals surface area contributed by atoms with E-state index in [4.69, 9.17) is 10.5 Å². The standard InChI is InChI=1S/C11H15NO2/c1-14-11-8-3-2-4-9(12)7(8)5-6-10(11)13/h5-6,9,13H,2-4,12H2,1H3. The Morgan fingerprint density at radius 3 is 3.00 bits per heavy atom. The zero-order valence-corrected chi connectivity index (χ0v) is 8.29. The van der Waals surface area contributed by atoms with E-state index in [0.29, 0.717) is 5.75 Å². The normalized spacial score (nSPS) is 20.3. The molecule has 1 aliphatic rings. The van der Waals surface area contributed by atoms with Crippen molar-refractivity contribution in [2.24, 2.45) is 5.73 Å². The first-order chi connectivity index (χ1) is 6.74. The van der Waals surface area contributed by atoms with Crippen molar-refractivity contribution in [3.8, 4) is 11.5 Å². The van der Waals surface area contributed by atoms with E-state index in [2.05, 4.69) is 0 Å². The summed E-state index contributed by atoms with van der Waals surface area (Å²) >= 11 is 0. The van der Waals surface area contributed by atoms with Gasteiger partial charge in [0.2, 0.25) is 0 Å². The largest absolute Gasteiger partial charge is 0.504 e. The molecule has 76 valence electrons. The summed E-state index contributed by atoms with van der Waals surface area (Å²) in [7, 11) is 1.58. The molecule has 0 heterocycles. The molecule has 1 unspecified atom stereocenters. The van der Waals surface area contributed by atoms with Crippen LogP contribution in [0.4, 0.5) is 0 Å². The number of hydrogen-bond acceptors (Lipinski definition) is 3. The van der Waals surface area contributed by atoms with E-state index in [0.717, 1.165) is 30.4 Å². The van der Waals surface area contributed by atoms with Gasteiger partial charge in [-0.15, -0.1) is 0 Å². The van der Waals surface area contributed by atoms with Crippen LogP contribution in [0.2, 0.25) is 0 Å². The third kappa shape index (κ3) is 1.34. The number of phenols is 1. The van der Waals surface area contributed by atoms with Gasteiger partial charge in [0.15, 0.2) is 11.5 Å². The van der Waals surface area contributed by atoms with Crippen LogP contribution in [-0.2, 0) is 6.42 Å². The monoisotopic (exact) mass is 193 g/mol. The van der Waals surface area contributed by atoms with Gasteiger partial charge in [0.1, 0.15) is 0 Å². The van der Waals surface area contributed by atoms with Crippen LogP contribution in [0.5, 0.6) is 11.5 Å². The summed E-state index contributed by atoms with van der Waals surface area (Å²) in [5.41, 5.74) is 8.17. The number of benzene rings is 1. The Morgan fingerprint density at radius 1 is 1.50 bits per heavy atom. The first-order valence-electron chi connectivity index (χ1n) is 4.88. The predicted molar refractivity (Wildman–Crippen MR) is 54.5 cm³/mol. The number of rotatable bonds is 1. The third-order valence-electron chi connectivity index (χ3n) is 2.82. The van der Waals surface area contributed by atoms with Gasteiger partial charge in [-0.3, -0.25) is 0 Å². The molecule has 0 radical (unpaired) electrons. The molecule has 2 rings (SSSR count). The van der Waals surface area contributed by atoms with Gasteiger partial charge in [0.25, 0.3) is 0 Å². The van der Waals surface area contributed by atoms with E-state index >= 15 is 0 Å². The van der Waals surface area contributed by atoms with Gasteiger partial charge >= 0.3 is 0 Å². The lowest BCUT2D eigenvalue weighted by molar-refractivity contribution is 0.364. The average molecular weight is 193 g/mol. The van der Waals surface area contributed by atoms with Crippen molar-refractivity contribution in [3.05, 3.63) is 23.3 Å². The predicted octanol–water partition coefficient (Wildman–Crippen LogP) is 1.74. The lowest BCUT2D eigenvalue weighted by atomic mass is 9.87. The van der Waals surface area contributed by atoms with E-state index in [1.807, 2.05) is 6.07 Å². The fraction of sp³-hybridized carbons (Fsp3) is 0.455. The zero-order chi connectivity index (χ0) is 10.1. The Morgan fingerprint density at radius 2 is 2.29 bits per heavy atom. The molecule has 3 N–H and O–H groups in total. The quantitative estimate of drug-likeness (QED) is 0.714. The van der Waals surface area contributed by atoms with Crippen molar-refractivity contribution in [2.75, 3.05) is 7.11 Å². The number of methoxy groups -OCH3 is 1. The van der Waals surface area contributed by atoms with Crippen molar-refractivity contribution in [2.45, 2.75) is 25.3 Å². The van der Waals surface area contributed by atoms with Gasteiger partial charge in [-0.2, -0.15) is 0 Å². The van der Waals surface area contributed by atoms with Crippen LogP contribution in [0.25, 0.3) is 0 Å². The van der Waals surface area contributed by atoms with E-state index in [9.17, 15) is 5.11 Å². The summed E-state index contributed by atoms with van der Waals surface area (Å²) in [5, 5.41) is 9.59. The Bertz CT molecular complexity index is 349. The molecule has 0 aromatic heterocycles. The molecule has 0 fully saturated rings. The number of aromatic hydroxyl groups is 1. The van der Waals surface area contributed by atoms with E-state index in [1.165, 1.54) is 0 Å². The minimum atomic E-state index is 0.0910. The number of hydrogen-bond donors (Lipinski definition) is 2. The third-order valence-corrected chi connectivity index (χ3v) is 2.82. The summed E-state index contributed by atoms with van der Waals surface area (Å²) in [6, 6.07) is 3.65. The topological polar surface area (TPSA) is 55.5 Å². The van der Waals surface area contributed by atoms with Crippen molar-refractivity contribution in [1.29, 1.82) is 0 Å². The van der Waals surface area contributed by atoms with Crippen LogP contribution in [-0.4, -0.2) is 12.2 Å². The van der Waals surface area contributed by atoms with E-state index < -0.39 is 0 Å². The van der Waals surface area contributed by atoms with Gasteiger partial charge in [0.05, 0.1) is 7.11 Å². The SMILES string of the molecule is COc1c(O)ccc2c1CCCC2N. The highest BCUT2D eigenvalue weighted by Crippen LogP contribution is 2.39. The number of phenolic OH excluding ortho intramolecular Hbond substituents is 1. The minimum Gasteiger partial charge on any atom is -0.504 e. The number of nitrogens with two attached hydrogens (primary N) is 1. The zero-order valence-electron chi connectivity index (χ0n) is 8.29. The van der Waals surface area contributed by atoms with Gasteiger partial charge in [-0.1, -0.05) is 6.07 Å². The molecule has 0 amide bonds. The molecule has 0 spiro atoms. The van der Waals surface area contributed by atoms with Crippen LogP contribution >= 0.6 is 0 Å². The highest BCUT2D eigenvalue weighted by atomic mass is 16.5. The van der Waals surface area contributed by atoms with Crippen molar-refractivity contribution < 1.29 is 9.84 Å². The minimum absolute atomic E-state index is 0.0910. The van der Waals surface area contributed by atoms with Gasteiger partial charge < -0.3 is 15.6 Å². The second-order valence-corrected chi connectivity index (χ2v) is 3.68. The van der Waals surface area contributed by atoms with Gasteiger partial charge in [-0.25, -0.2) is 0 Å². The molecule has 3 nitrogen and oxygen atoms in total. The number of ether oxygens (including phenoxy) is 1. The second-order valence-electron chi connectivity index (χ2n) is 3.68. The molecule has 0 saturated carbocycles. The molecular weight excluding hydrogens is 178 g/mol. The van der Waals surface area contributed by atoms with Crippen LogP contribution in [0.15, 0.2) is 12.1 Å². The van der Waals surface area contributed by atoms with Crippen LogP contribution < -0.4 is 10.5 Å². The summed E-state index contributed by atoms with van der Waals surface area (Å²) in [4.78, 5) is 0. The molecule has 1 aromatic carbocycles. The highest BCUT2D eigenvalue weighted by Gasteiger charge is 2.21. The molecule has 0 saturated heterocycles. The Labute approximate surface area is 83.5 Å². The molecule has 1 atom stereocenters. The van der Waals surface area contributed by atoms with Crippen molar-refractivity contribution in [3.63, 3.8) is 0 Å². The molecular formula is C11H15NO2. The molecule has 14 heavy (non-hydrogen) atoms. The maximum Gasteiger partial charge on any atom is 0.163 e. The van der Waals surface area contributed by atoms with Crippen molar-refractivity contribution >= 4 is 0 Å². The fourth-order valence-corrected chi connectivity index (χ4v) is 2.12. The maximum atomic E-state index is 9.59. The first kappa shape index (κ1) is 9.34. The lowest BCUT2D eigenvalue weighted by Gasteiger charge is -2.24. The summed E-state index contributed by atoms with van der Waals surface area (Å²) in [6.45, 7) is 0. The molecule has 0 aliphatic heterocycles. The lowest BCUT2D eigenvalue weighted by Crippen LogP contribution is -2.17.